The Labute approximate surface area is 135 Å². The van der Waals surface area contributed by atoms with Crippen LogP contribution >= 0.6 is 0 Å². The van der Waals surface area contributed by atoms with Gasteiger partial charge in [0.25, 0.3) is 0 Å². The van der Waals surface area contributed by atoms with Crippen molar-refractivity contribution in [2.24, 2.45) is 0 Å². The third-order valence-electron chi connectivity index (χ3n) is 3.24. The second-order valence-corrected chi connectivity index (χ2v) is 5.04. The van der Waals surface area contributed by atoms with Crippen molar-refractivity contribution in [3.8, 4) is 23.3 Å². The van der Waals surface area contributed by atoms with Crippen LogP contribution in [0.25, 0.3) is 0 Å². The lowest BCUT2D eigenvalue weighted by Crippen LogP contribution is -1.94. The highest BCUT2D eigenvalue weighted by molar-refractivity contribution is 5.61. The summed E-state index contributed by atoms with van der Waals surface area (Å²) < 4.78 is 5.75. The Hall–Kier alpha value is -3.38. The summed E-state index contributed by atoms with van der Waals surface area (Å²) in [6.07, 6.45) is 0. The summed E-state index contributed by atoms with van der Waals surface area (Å²) in [4.78, 5) is 0. The second kappa shape index (κ2) is 6.59. The van der Waals surface area contributed by atoms with Crippen molar-refractivity contribution in [1.82, 2.24) is 0 Å². The summed E-state index contributed by atoms with van der Waals surface area (Å²) in [6.45, 7) is 0. The summed E-state index contributed by atoms with van der Waals surface area (Å²) in [7, 11) is 0. The van der Waals surface area contributed by atoms with Crippen molar-refractivity contribution in [2.45, 2.75) is 0 Å². The topological polar surface area (TPSA) is 61.3 Å². The van der Waals surface area contributed by atoms with Crippen LogP contribution in [0, 0.1) is 11.8 Å². The second-order valence-electron chi connectivity index (χ2n) is 5.04. The van der Waals surface area contributed by atoms with Gasteiger partial charge < -0.3 is 16.2 Å². The number of anilines is 2. The number of nitrogens with two attached hydrogens (primary N) is 2. The first-order valence-electron chi connectivity index (χ1n) is 7.21. The van der Waals surface area contributed by atoms with E-state index in [1.165, 1.54) is 0 Å². The average molecular weight is 300 g/mol. The fourth-order valence-electron chi connectivity index (χ4n) is 2.06. The van der Waals surface area contributed by atoms with E-state index in [1.54, 1.807) is 18.2 Å². The highest BCUT2D eigenvalue weighted by atomic mass is 16.5. The van der Waals surface area contributed by atoms with Crippen LogP contribution in [-0.4, -0.2) is 0 Å². The molecule has 3 heteroatoms. The number of benzene rings is 3. The molecule has 3 rings (SSSR count). The predicted molar refractivity (Wildman–Crippen MR) is 94.2 cm³/mol. The maximum atomic E-state index is 5.88. The molecule has 0 unspecified atom stereocenters. The summed E-state index contributed by atoms with van der Waals surface area (Å²) >= 11 is 0. The van der Waals surface area contributed by atoms with Crippen LogP contribution in [0.4, 0.5) is 11.4 Å². The zero-order chi connectivity index (χ0) is 16.1. The number of nitrogen functional groups attached to an aromatic ring is 2. The molecular weight excluding hydrogens is 284 g/mol. The molecular formula is C20H16N2O. The molecule has 0 atom stereocenters. The largest absolute Gasteiger partial charge is 0.455 e. The Morgan fingerprint density at radius 3 is 2.00 bits per heavy atom. The van der Waals surface area contributed by atoms with Crippen molar-refractivity contribution in [3.05, 3.63) is 83.9 Å². The van der Waals surface area contributed by atoms with E-state index in [4.69, 9.17) is 16.2 Å². The molecule has 0 fully saturated rings. The Morgan fingerprint density at radius 1 is 0.696 bits per heavy atom. The summed E-state index contributed by atoms with van der Waals surface area (Å²) in [5, 5.41) is 0. The van der Waals surface area contributed by atoms with E-state index < -0.39 is 0 Å². The molecule has 112 valence electrons. The van der Waals surface area contributed by atoms with E-state index in [0.717, 1.165) is 11.1 Å². The van der Waals surface area contributed by atoms with E-state index in [-0.39, 0.29) is 0 Å². The van der Waals surface area contributed by atoms with Crippen molar-refractivity contribution >= 4 is 11.4 Å². The van der Waals surface area contributed by atoms with E-state index in [2.05, 4.69) is 11.8 Å². The lowest BCUT2D eigenvalue weighted by Gasteiger charge is -2.08. The Balaban J connectivity index is 1.74. The SMILES string of the molecule is Nc1ccc(Oc2ccc(C#Cc3ccccc3)cc2)c(N)c1. The fraction of sp³-hybridized carbons (Fsp3) is 0. The van der Waals surface area contributed by atoms with E-state index in [0.29, 0.717) is 22.9 Å². The molecule has 0 heterocycles. The first kappa shape index (κ1) is 14.6. The highest BCUT2D eigenvalue weighted by Crippen LogP contribution is 2.28. The van der Waals surface area contributed by atoms with Crippen LogP contribution in [0.2, 0.25) is 0 Å². The van der Waals surface area contributed by atoms with Gasteiger partial charge >= 0.3 is 0 Å². The van der Waals surface area contributed by atoms with E-state index in [9.17, 15) is 0 Å². The molecule has 0 aliphatic heterocycles. The Bertz CT molecular complexity index is 860. The molecule has 0 amide bonds. The molecule has 3 aromatic carbocycles. The van der Waals surface area contributed by atoms with Crippen molar-refractivity contribution in [2.75, 3.05) is 11.5 Å². The minimum absolute atomic E-state index is 0.512. The molecule has 0 aliphatic carbocycles. The molecule has 3 nitrogen and oxygen atoms in total. The van der Waals surface area contributed by atoms with Crippen molar-refractivity contribution < 1.29 is 4.74 Å². The van der Waals surface area contributed by atoms with Crippen molar-refractivity contribution in [3.63, 3.8) is 0 Å². The highest BCUT2D eigenvalue weighted by Gasteiger charge is 2.02. The monoisotopic (exact) mass is 300 g/mol. The number of hydrogen-bond acceptors (Lipinski definition) is 3. The summed E-state index contributed by atoms with van der Waals surface area (Å²) in [6, 6.07) is 22.6. The maximum Gasteiger partial charge on any atom is 0.150 e. The lowest BCUT2D eigenvalue weighted by molar-refractivity contribution is 0.485. The van der Waals surface area contributed by atoms with Gasteiger partial charge in [-0.3, -0.25) is 0 Å². The molecule has 0 spiro atoms. The van der Waals surface area contributed by atoms with Gasteiger partial charge in [0.15, 0.2) is 0 Å². The van der Waals surface area contributed by atoms with Crippen LogP contribution in [0.5, 0.6) is 11.5 Å². The molecule has 0 bridgehead atoms. The van der Waals surface area contributed by atoms with Crippen molar-refractivity contribution in [1.29, 1.82) is 0 Å². The standard InChI is InChI=1S/C20H16N2O/c21-17-10-13-20(19(22)14-17)23-18-11-8-16(9-12-18)7-6-15-4-2-1-3-5-15/h1-5,8-14H,21-22H2. The molecule has 23 heavy (non-hydrogen) atoms. The molecule has 3 aromatic rings. The van der Waals surface area contributed by atoms with Gasteiger partial charge in [0.05, 0.1) is 5.69 Å². The van der Waals surface area contributed by atoms with Gasteiger partial charge in [0.1, 0.15) is 11.5 Å². The van der Waals surface area contributed by atoms with E-state index >= 15 is 0 Å². The molecule has 0 radical (unpaired) electrons. The maximum absolute atomic E-state index is 5.88. The smallest absolute Gasteiger partial charge is 0.150 e. The van der Waals surface area contributed by atoms with Crippen LogP contribution < -0.4 is 16.2 Å². The van der Waals surface area contributed by atoms with Gasteiger partial charge in [0.2, 0.25) is 0 Å². The Morgan fingerprint density at radius 2 is 1.35 bits per heavy atom. The Kier molecular flexibility index (Phi) is 4.17. The van der Waals surface area contributed by atoms with Crippen LogP contribution in [0.3, 0.4) is 0 Å². The fourth-order valence-corrected chi connectivity index (χ4v) is 2.06. The molecule has 0 saturated heterocycles. The third kappa shape index (κ3) is 3.84. The lowest BCUT2D eigenvalue weighted by atomic mass is 10.2. The average Bonchev–Trinajstić information content (AvgIpc) is 2.58. The third-order valence-corrected chi connectivity index (χ3v) is 3.24. The number of hydrogen-bond donors (Lipinski definition) is 2. The zero-order valence-corrected chi connectivity index (χ0v) is 12.5. The van der Waals surface area contributed by atoms with Gasteiger partial charge in [0, 0.05) is 16.8 Å². The molecule has 4 N–H and O–H groups in total. The first-order valence-corrected chi connectivity index (χ1v) is 7.21. The summed E-state index contributed by atoms with van der Waals surface area (Å²) in [5.41, 5.74) is 14.6. The summed E-state index contributed by atoms with van der Waals surface area (Å²) in [5.74, 6) is 7.53. The first-order chi connectivity index (χ1) is 11.2. The number of rotatable bonds is 2. The molecule has 0 aromatic heterocycles. The van der Waals surface area contributed by atoms with Gasteiger partial charge in [-0.05, 0) is 54.6 Å². The zero-order valence-electron chi connectivity index (χ0n) is 12.5. The van der Waals surface area contributed by atoms with Crippen LogP contribution in [0.15, 0.2) is 72.8 Å². The predicted octanol–water partition coefficient (Wildman–Crippen LogP) is 4.04. The van der Waals surface area contributed by atoms with Gasteiger partial charge in [-0.25, -0.2) is 0 Å². The normalized spacial score (nSPS) is 9.74. The van der Waals surface area contributed by atoms with Gasteiger partial charge in [-0.2, -0.15) is 0 Å². The molecule has 0 aliphatic rings. The quantitative estimate of drug-likeness (QED) is 0.554. The van der Waals surface area contributed by atoms with Gasteiger partial charge in [-0.1, -0.05) is 30.0 Å². The van der Waals surface area contributed by atoms with Crippen LogP contribution in [-0.2, 0) is 0 Å². The van der Waals surface area contributed by atoms with E-state index in [1.807, 2.05) is 54.6 Å². The number of ether oxygens (including phenoxy) is 1. The van der Waals surface area contributed by atoms with Crippen LogP contribution in [0.1, 0.15) is 11.1 Å². The molecule has 0 saturated carbocycles. The van der Waals surface area contributed by atoms with Gasteiger partial charge in [-0.15, -0.1) is 0 Å². The minimum Gasteiger partial charge on any atom is -0.455 e. The minimum atomic E-state index is 0.512.